The Morgan fingerprint density at radius 3 is 2.41 bits per heavy atom. The summed E-state index contributed by atoms with van der Waals surface area (Å²) in [6, 6.07) is 13.4. The largest absolute Gasteiger partial charge is 0.497 e. The van der Waals surface area contributed by atoms with Crippen LogP contribution in [-0.4, -0.2) is 32.7 Å². The van der Waals surface area contributed by atoms with Crippen LogP contribution in [0.4, 0.5) is 5.00 Å². The number of amides is 1. The normalized spacial score (nSPS) is 11.0. The highest BCUT2D eigenvalue weighted by atomic mass is 32.1. The summed E-state index contributed by atoms with van der Waals surface area (Å²) in [5, 5.41) is 5.13. The zero-order chi connectivity index (χ0) is 24.7. The van der Waals surface area contributed by atoms with Crippen molar-refractivity contribution < 1.29 is 23.8 Å². The van der Waals surface area contributed by atoms with Crippen molar-refractivity contribution in [2.75, 3.05) is 26.1 Å². The monoisotopic (exact) mass is 479 g/mol. The van der Waals surface area contributed by atoms with Gasteiger partial charge in [0.05, 0.1) is 20.8 Å². The van der Waals surface area contributed by atoms with E-state index in [0.717, 1.165) is 11.1 Å². The van der Waals surface area contributed by atoms with Crippen LogP contribution in [0.3, 0.4) is 0 Å². The van der Waals surface area contributed by atoms with Gasteiger partial charge in [-0.25, -0.2) is 4.79 Å². The molecule has 7 heteroatoms. The van der Waals surface area contributed by atoms with E-state index in [0.29, 0.717) is 33.5 Å². The number of hydrogen-bond donors (Lipinski definition) is 1. The first kappa shape index (κ1) is 25.1. The molecule has 0 aliphatic heterocycles. The molecule has 0 radical (unpaired) electrons. The van der Waals surface area contributed by atoms with E-state index in [1.54, 1.807) is 45.4 Å². The van der Waals surface area contributed by atoms with Gasteiger partial charge in [0.2, 0.25) is 5.91 Å². The van der Waals surface area contributed by atoms with Crippen LogP contribution in [0.5, 0.6) is 11.5 Å². The lowest BCUT2D eigenvalue weighted by Gasteiger charge is -2.10. The SMILES string of the molecule is CCOC(=O)c1c(-c2ccc(C(C)C)cc2)csc1NC(=O)/C=C/c1cc(OC)ccc1OC. The molecular weight excluding hydrogens is 450 g/mol. The van der Waals surface area contributed by atoms with Gasteiger partial charge in [-0.3, -0.25) is 4.79 Å². The average Bonchev–Trinajstić information content (AvgIpc) is 3.26. The van der Waals surface area contributed by atoms with Crippen molar-refractivity contribution in [3.63, 3.8) is 0 Å². The summed E-state index contributed by atoms with van der Waals surface area (Å²) in [4.78, 5) is 25.5. The molecule has 178 valence electrons. The maximum atomic E-state index is 12.8. The van der Waals surface area contributed by atoms with Gasteiger partial charge < -0.3 is 19.5 Å². The Morgan fingerprint density at radius 2 is 1.79 bits per heavy atom. The van der Waals surface area contributed by atoms with Crippen molar-refractivity contribution in [3.05, 3.63) is 70.6 Å². The molecule has 0 atom stereocenters. The molecule has 0 saturated heterocycles. The fourth-order valence-electron chi connectivity index (χ4n) is 3.40. The van der Waals surface area contributed by atoms with Crippen molar-refractivity contribution in [2.24, 2.45) is 0 Å². The second kappa shape index (κ2) is 11.5. The van der Waals surface area contributed by atoms with Gasteiger partial charge in [0.1, 0.15) is 22.1 Å². The molecule has 34 heavy (non-hydrogen) atoms. The van der Waals surface area contributed by atoms with Gasteiger partial charge >= 0.3 is 5.97 Å². The number of nitrogens with one attached hydrogen (secondary N) is 1. The van der Waals surface area contributed by atoms with Crippen molar-refractivity contribution in [1.82, 2.24) is 0 Å². The van der Waals surface area contributed by atoms with E-state index >= 15 is 0 Å². The Kier molecular flexibility index (Phi) is 8.49. The minimum Gasteiger partial charge on any atom is -0.497 e. The number of thiophene rings is 1. The van der Waals surface area contributed by atoms with E-state index in [9.17, 15) is 9.59 Å². The fraction of sp³-hybridized carbons (Fsp3) is 0.259. The molecule has 1 N–H and O–H groups in total. The number of anilines is 1. The highest BCUT2D eigenvalue weighted by Gasteiger charge is 2.22. The molecule has 3 rings (SSSR count). The summed E-state index contributed by atoms with van der Waals surface area (Å²) >= 11 is 1.29. The summed E-state index contributed by atoms with van der Waals surface area (Å²) in [7, 11) is 3.13. The van der Waals surface area contributed by atoms with Gasteiger partial charge in [0.25, 0.3) is 0 Å². The predicted molar refractivity (Wildman–Crippen MR) is 137 cm³/mol. The Hall–Kier alpha value is -3.58. The number of hydrogen-bond acceptors (Lipinski definition) is 6. The highest BCUT2D eigenvalue weighted by Crippen LogP contribution is 2.37. The summed E-state index contributed by atoms with van der Waals surface area (Å²) < 4.78 is 15.9. The lowest BCUT2D eigenvalue weighted by atomic mass is 9.98. The lowest BCUT2D eigenvalue weighted by molar-refractivity contribution is -0.111. The third kappa shape index (κ3) is 5.85. The number of carbonyl (C=O) groups excluding carboxylic acids is 2. The third-order valence-corrected chi connectivity index (χ3v) is 6.14. The van der Waals surface area contributed by atoms with E-state index in [1.165, 1.54) is 23.0 Å². The van der Waals surface area contributed by atoms with Crippen LogP contribution in [0.2, 0.25) is 0 Å². The van der Waals surface area contributed by atoms with Crippen LogP contribution in [0, 0.1) is 0 Å². The first-order valence-corrected chi connectivity index (χ1v) is 11.9. The average molecular weight is 480 g/mol. The van der Waals surface area contributed by atoms with Crippen molar-refractivity contribution in [3.8, 4) is 22.6 Å². The van der Waals surface area contributed by atoms with Crippen molar-refractivity contribution in [1.29, 1.82) is 0 Å². The number of esters is 1. The van der Waals surface area contributed by atoms with E-state index in [1.807, 2.05) is 17.5 Å². The van der Waals surface area contributed by atoms with E-state index < -0.39 is 5.97 Å². The molecule has 0 unspecified atom stereocenters. The highest BCUT2D eigenvalue weighted by molar-refractivity contribution is 7.15. The molecule has 6 nitrogen and oxygen atoms in total. The van der Waals surface area contributed by atoms with E-state index in [4.69, 9.17) is 14.2 Å². The summed E-state index contributed by atoms with van der Waals surface area (Å²) in [6.45, 7) is 6.25. The zero-order valence-electron chi connectivity index (χ0n) is 20.0. The molecule has 1 heterocycles. The van der Waals surface area contributed by atoms with Crippen molar-refractivity contribution >= 4 is 34.3 Å². The Balaban J connectivity index is 1.89. The Morgan fingerprint density at radius 1 is 1.06 bits per heavy atom. The van der Waals surface area contributed by atoms with Crippen LogP contribution in [0.15, 0.2) is 53.9 Å². The Bertz CT molecular complexity index is 1180. The molecule has 0 aliphatic carbocycles. The minimum atomic E-state index is -0.472. The number of methoxy groups -OCH3 is 2. The van der Waals surface area contributed by atoms with E-state index in [-0.39, 0.29) is 12.5 Å². The van der Waals surface area contributed by atoms with Gasteiger partial charge in [-0.2, -0.15) is 0 Å². The summed E-state index contributed by atoms with van der Waals surface area (Å²) in [5.74, 6) is 0.822. The molecule has 3 aromatic rings. The maximum Gasteiger partial charge on any atom is 0.341 e. The first-order valence-electron chi connectivity index (χ1n) is 11.0. The maximum absolute atomic E-state index is 12.8. The number of rotatable bonds is 9. The number of carbonyl (C=O) groups is 2. The molecule has 0 fully saturated rings. The van der Waals surface area contributed by atoms with Gasteiger partial charge in [-0.1, -0.05) is 38.1 Å². The predicted octanol–water partition coefficient (Wildman–Crippen LogP) is 6.38. The lowest BCUT2D eigenvalue weighted by Crippen LogP contribution is -2.12. The van der Waals surface area contributed by atoms with Crippen LogP contribution in [-0.2, 0) is 9.53 Å². The first-order chi connectivity index (χ1) is 16.4. The second-order valence-corrected chi connectivity index (χ2v) is 8.66. The number of ether oxygens (including phenoxy) is 3. The van der Waals surface area contributed by atoms with Gasteiger partial charge in [0, 0.05) is 22.6 Å². The number of benzene rings is 2. The third-order valence-electron chi connectivity index (χ3n) is 5.25. The van der Waals surface area contributed by atoms with Crippen LogP contribution in [0.25, 0.3) is 17.2 Å². The van der Waals surface area contributed by atoms with Gasteiger partial charge in [-0.15, -0.1) is 11.3 Å². The Labute approximate surface area is 204 Å². The van der Waals surface area contributed by atoms with E-state index in [2.05, 4.69) is 31.3 Å². The molecule has 0 saturated carbocycles. The molecule has 2 aromatic carbocycles. The zero-order valence-corrected chi connectivity index (χ0v) is 20.8. The topological polar surface area (TPSA) is 73.9 Å². The van der Waals surface area contributed by atoms with Gasteiger partial charge in [-0.05, 0) is 48.2 Å². The van der Waals surface area contributed by atoms with Crippen LogP contribution >= 0.6 is 11.3 Å². The summed E-state index contributed by atoms with van der Waals surface area (Å²) in [5.41, 5.74) is 3.88. The van der Waals surface area contributed by atoms with Crippen LogP contribution in [0.1, 0.15) is 48.2 Å². The van der Waals surface area contributed by atoms with Crippen LogP contribution < -0.4 is 14.8 Å². The fourth-order valence-corrected chi connectivity index (χ4v) is 4.36. The molecule has 1 aromatic heterocycles. The summed E-state index contributed by atoms with van der Waals surface area (Å²) in [6.07, 6.45) is 3.03. The molecule has 0 bridgehead atoms. The minimum absolute atomic E-state index is 0.239. The molecule has 0 spiro atoms. The molecule has 0 aliphatic rings. The second-order valence-electron chi connectivity index (χ2n) is 7.78. The molecular formula is C27H29NO5S. The standard InChI is InChI=1S/C27H29NO5S/c1-6-33-27(30)25-22(19-9-7-18(8-10-19)17(2)3)16-34-26(25)28-24(29)14-11-20-15-21(31-4)12-13-23(20)32-5/h7-17H,6H2,1-5H3,(H,28,29)/b14-11+. The quantitative estimate of drug-likeness (QED) is 0.285. The van der Waals surface area contributed by atoms with Crippen molar-refractivity contribution in [2.45, 2.75) is 26.7 Å². The smallest absolute Gasteiger partial charge is 0.341 e. The molecule has 1 amide bonds. The van der Waals surface area contributed by atoms with Gasteiger partial charge in [0.15, 0.2) is 0 Å².